The third kappa shape index (κ3) is 1.87. The first kappa shape index (κ1) is 11.5. The van der Waals surface area contributed by atoms with Crippen LogP contribution in [-0.4, -0.2) is 12.0 Å². The molecule has 2 aromatic carbocycles. The largest absolute Gasteiger partial charge is 0.293 e. The number of ketones is 1. The quantitative estimate of drug-likeness (QED) is 0.755. The van der Waals surface area contributed by atoms with Crippen LogP contribution in [-0.2, 0) is 6.42 Å². The summed E-state index contributed by atoms with van der Waals surface area (Å²) in [5, 5.41) is 0. The highest BCUT2D eigenvalue weighted by molar-refractivity contribution is 7.98. The minimum atomic E-state index is 0.0123. The van der Waals surface area contributed by atoms with Crippen LogP contribution in [0.15, 0.2) is 53.4 Å². The fourth-order valence-electron chi connectivity index (χ4n) is 2.56. The number of carbonyl (C=O) groups excluding carboxylic acids is 1. The standard InChI is InChI=1S/C16H14OS/c1-18-13-7-8-14-12(9-13)10-15(16(14)17)11-5-3-2-4-6-11/h2-9,15H,10H2,1H3. The molecule has 0 heterocycles. The highest BCUT2D eigenvalue weighted by Gasteiger charge is 2.31. The van der Waals surface area contributed by atoms with Gasteiger partial charge in [-0.05, 0) is 35.9 Å². The fraction of sp³-hybridized carbons (Fsp3) is 0.188. The van der Waals surface area contributed by atoms with Gasteiger partial charge >= 0.3 is 0 Å². The van der Waals surface area contributed by atoms with Crippen molar-refractivity contribution in [2.75, 3.05) is 6.26 Å². The average Bonchev–Trinajstić information content (AvgIpc) is 2.76. The predicted octanol–water partition coefficient (Wildman–Crippen LogP) is 3.93. The highest BCUT2D eigenvalue weighted by Crippen LogP contribution is 2.35. The van der Waals surface area contributed by atoms with Crippen LogP contribution in [0, 0.1) is 0 Å². The van der Waals surface area contributed by atoms with E-state index in [9.17, 15) is 4.79 Å². The molecule has 1 aliphatic carbocycles. The first-order valence-corrected chi connectivity index (χ1v) is 7.28. The van der Waals surface area contributed by atoms with Gasteiger partial charge in [0.15, 0.2) is 5.78 Å². The summed E-state index contributed by atoms with van der Waals surface area (Å²) in [6.07, 6.45) is 2.90. The molecule has 0 N–H and O–H groups in total. The van der Waals surface area contributed by atoms with Gasteiger partial charge in [-0.3, -0.25) is 4.79 Å². The van der Waals surface area contributed by atoms with Gasteiger partial charge in [-0.25, -0.2) is 0 Å². The molecule has 0 saturated carbocycles. The lowest BCUT2D eigenvalue weighted by atomic mass is 9.95. The number of hydrogen-bond acceptors (Lipinski definition) is 2. The van der Waals surface area contributed by atoms with E-state index in [0.29, 0.717) is 0 Å². The molecule has 0 aromatic heterocycles. The van der Waals surface area contributed by atoms with Crippen LogP contribution in [0.2, 0.25) is 0 Å². The minimum absolute atomic E-state index is 0.0123. The maximum Gasteiger partial charge on any atom is 0.170 e. The molecular weight excluding hydrogens is 240 g/mol. The SMILES string of the molecule is CSc1ccc2c(c1)CC(c1ccccc1)C2=O. The number of Topliss-reactive ketones (excluding diaryl/α,β-unsaturated/α-hetero) is 1. The number of benzene rings is 2. The Morgan fingerprint density at radius 3 is 2.61 bits per heavy atom. The van der Waals surface area contributed by atoms with Crippen molar-refractivity contribution in [3.05, 3.63) is 65.2 Å². The van der Waals surface area contributed by atoms with Crippen LogP contribution < -0.4 is 0 Å². The van der Waals surface area contributed by atoms with E-state index in [1.807, 2.05) is 42.5 Å². The summed E-state index contributed by atoms with van der Waals surface area (Å²) >= 11 is 1.72. The molecule has 3 rings (SSSR count). The van der Waals surface area contributed by atoms with Crippen molar-refractivity contribution >= 4 is 17.5 Å². The Balaban J connectivity index is 1.99. The van der Waals surface area contributed by atoms with Crippen molar-refractivity contribution in [3.63, 3.8) is 0 Å². The third-order valence-electron chi connectivity index (χ3n) is 3.52. The Bertz CT molecular complexity index is 589. The van der Waals surface area contributed by atoms with Gasteiger partial charge in [-0.15, -0.1) is 11.8 Å². The molecule has 2 heteroatoms. The van der Waals surface area contributed by atoms with E-state index in [2.05, 4.69) is 12.3 Å². The van der Waals surface area contributed by atoms with E-state index in [0.717, 1.165) is 17.5 Å². The molecule has 18 heavy (non-hydrogen) atoms. The minimum Gasteiger partial charge on any atom is -0.293 e. The van der Waals surface area contributed by atoms with Crippen molar-refractivity contribution < 1.29 is 4.79 Å². The monoisotopic (exact) mass is 254 g/mol. The summed E-state index contributed by atoms with van der Waals surface area (Å²) in [6, 6.07) is 16.2. The molecule has 1 unspecified atom stereocenters. The van der Waals surface area contributed by atoms with E-state index in [1.165, 1.54) is 10.5 Å². The van der Waals surface area contributed by atoms with Crippen LogP contribution in [0.3, 0.4) is 0 Å². The van der Waals surface area contributed by atoms with Gasteiger partial charge in [0, 0.05) is 10.5 Å². The molecule has 0 spiro atoms. The second-order valence-electron chi connectivity index (χ2n) is 4.55. The molecule has 0 saturated heterocycles. The van der Waals surface area contributed by atoms with Gasteiger partial charge in [-0.1, -0.05) is 36.4 Å². The van der Waals surface area contributed by atoms with Crippen molar-refractivity contribution in [2.45, 2.75) is 17.2 Å². The summed E-state index contributed by atoms with van der Waals surface area (Å²) in [7, 11) is 0. The molecule has 1 atom stereocenters. The normalized spacial score (nSPS) is 17.8. The maximum absolute atomic E-state index is 12.4. The third-order valence-corrected chi connectivity index (χ3v) is 4.25. The van der Waals surface area contributed by atoms with Gasteiger partial charge in [0.05, 0.1) is 5.92 Å². The molecular formula is C16H14OS. The molecule has 0 aliphatic heterocycles. The van der Waals surface area contributed by atoms with Crippen LogP contribution in [0.4, 0.5) is 0 Å². The topological polar surface area (TPSA) is 17.1 Å². The number of thioether (sulfide) groups is 1. The van der Waals surface area contributed by atoms with Gasteiger partial charge in [0.25, 0.3) is 0 Å². The first-order valence-electron chi connectivity index (χ1n) is 6.05. The van der Waals surface area contributed by atoms with Crippen LogP contribution >= 0.6 is 11.8 Å². The zero-order valence-corrected chi connectivity index (χ0v) is 11.0. The van der Waals surface area contributed by atoms with E-state index < -0.39 is 0 Å². The van der Waals surface area contributed by atoms with E-state index in [-0.39, 0.29) is 11.7 Å². The Morgan fingerprint density at radius 2 is 1.89 bits per heavy atom. The van der Waals surface area contributed by atoms with E-state index in [4.69, 9.17) is 0 Å². The molecule has 0 bridgehead atoms. The maximum atomic E-state index is 12.4. The summed E-state index contributed by atoms with van der Waals surface area (Å²) in [4.78, 5) is 13.6. The lowest BCUT2D eigenvalue weighted by Gasteiger charge is -2.07. The van der Waals surface area contributed by atoms with Crippen molar-refractivity contribution in [3.8, 4) is 0 Å². The van der Waals surface area contributed by atoms with Crippen molar-refractivity contribution in [1.29, 1.82) is 0 Å². The van der Waals surface area contributed by atoms with E-state index >= 15 is 0 Å². The van der Waals surface area contributed by atoms with Gasteiger partial charge in [0.2, 0.25) is 0 Å². The first-order chi connectivity index (χ1) is 8.79. The summed E-state index contributed by atoms with van der Waals surface area (Å²) in [6.45, 7) is 0. The zero-order valence-electron chi connectivity index (χ0n) is 10.2. The summed E-state index contributed by atoms with van der Waals surface area (Å²) < 4.78 is 0. The van der Waals surface area contributed by atoms with Crippen LogP contribution in [0.1, 0.15) is 27.4 Å². The van der Waals surface area contributed by atoms with Crippen molar-refractivity contribution in [2.24, 2.45) is 0 Å². The Morgan fingerprint density at radius 1 is 1.11 bits per heavy atom. The van der Waals surface area contributed by atoms with Crippen molar-refractivity contribution in [1.82, 2.24) is 0 Å². The lowest BCUT2D eigenvalue weighted by Crippen LogP contribution is -2.06. The number of carbonyl (C=O) groups is 1. The fourth-order valence-corrected chi connectivity index (χ4v) is 3.03. The zero-order chi connectivity index (χ0) is 12.5. The molecule has 1 nitrogen and oxygen atoms in total. The number of hydrogen-bond donors (Lipinski definition) is 0. The smallest absolute Gasteiger partial charge is 0.170 e. The molecule has 90 valence electrons. The van der Waals surface area contributed by atoms with Crippen LogP contribution in [0.25, 0.3) is 0 Å². The summed E-state index contributed by atoms with van der Waals surface area (Å²) in [5.74, 6) is 0.280. The average molecular weight is 254 g/mol. The predicted molar refractivity (Wildman–Crippen MR) is 75.4 cm³/mol. The van der Waals surface area contributed by atoms with Gasteiger partial charge in [-0.2, -0.15) is 0 Å². The lowest BCUT2D eigenvalue weighted by molar-refractivity contribution is 0.0973. The molecule has 1 aliphatic rings. The second kappa shape index (κ2) is 4.62. The second-order valence-corrected chi connectivity index (χ2v) is 5.43. The van der Waals surface area contributed by atoms with E-state index in [1.54, 1.807) is 11.8 Å². The molecule has 0 amide bonds. The van der Waals surface area contributed by atoms with Crippen LogP contribution in [0.5, 0.6) is 0 Å². The van der Waals surface area contributed by atoms with Gasteiger partial charge < -0.3 is 0 Å². The Hall–Kier alpha value is -1.54. The number of rotatable bonds is 2. The molecule has 2 aromatic rings. The molecule has 0 fully saturated rings. The Labute approximate surface area is 111 Å². The highest BCUT2D eigenvalue weighted by atomic mass is 32.2. The Kier molecular flexibility index (Phi) is 2.96. The molecule has 0 radical (unpaired) electrons. The summed E-state index contributed by atoms with van der Waals surface area (Å²) in [5.41, 5.74) is 3.23. The number of fused-ring (bicyclic) bond motifs is 1. The van der Waals surface area contributed by atoms with Gasteiger partial charge in [0.1, 0.15) is 0 Å².